The lowest BCUT2D eigenvalue weighted by Gasteiger charge is -2.36. The molecule has 1 atom stereocenters. The zero-order valence-electron chi connectivity index (χ0n) is 28.5. The molecule has 1 fully saturated rings. The molecule has 0 saturated carbocycles. The summed E-state index contributed by atoms with van der Waals surface area (Å²) in [5.74, 6) is -1.02. The molecule has 5 rings (SSSR count). The number of amidine groups is 1. The number of aliphatic imine (C=N–C) groups is 1. The van der Waals surface area contributed by atoms with Gasteiger partial charge in [0, 0.05) is 18.7 Å². The SMILES string of the molecule is CCC(C)(C)c1cc(C)ccc1OCCCN1C(C(C(=O)Nc2ccccc2C)N2C(=O)NC(C)(C)C2=O)=Nc2ccccc2S1(=O)=O. The minimum atomic E-state index is -4.27. The Morgan fingerprint density at radius 2 is 1.73 bits per heavy atom. The molecule has 2 N–H and O–H groups in total. The van der Waals surface area contributed by atoms with E-state index in [0.717, 1.165) is 32.3 Å². The Morgan fingerprint density at radius 3 is 2.40 bits per heavy atom. The van der Waals surface area contributed by atoms with Crippen LogP contribution in [0.25, 0.3) is 0 Å². The smallest absolute Gasteiger partial charge is 0.326 e. The van der Waals surface area contributed by atoms with Gasteiger partial charge in [0.1, 0.15) is 16.2 Å². The minimum absolute atomic E-state index is 0.0456. The average molecular weight is 674 g/mol. The summed E-state index contributed by atoms with van der Waals surface area (Å²) in [7, 11) is -4.27. The third kappa shape index (κ3) is 6.53. The fraction of sp³-hybridized carbons (Fsp3) is 0.389. The van der Waals surface area contributed by atoms with Crippen molar-refractivity contribution >= 4 is 45.1 Å². The van der Waals surface area contributed by atoms with Crippen molar-refractivity contribution in [3.8, 4) is 5.75 Å². The van der Waals surface area contributed by atoms with Crippen LogP contribution in [0, 0.1) is 13.8 Å². The number of para-hydroxylation sites is 2. The number of nitrogens with one attached hydrogen (secondary N) is 2. The highest BCUT2D eigenvalue weighted by atomic mass is 32.2. The summed E-state index contributed by atoms with van der Waals surface area (Å²) in [6.07, 6.45) is 1.11. The number of anilines is 1. The molecular weight excluding hydrogens is 630 g/mol. The number of carbonyl (C=O) groups excluding carboxylic acids is 3. The molecule has 0 bridgehead atoms. The number of carbonyl (C=O) groups is 3. The Bertz CT molecular complexity index is 1900. The van der Waals surface area contributed by atoms with Gasteiger partial charge in [0.15, 0.2) is 11.9 Å². The van der Waals surface area contributed by atoms with Crippen LogP contribution < -0.4 is 15.4 Å². The van der Waals surface area contributed by atoms with E-state index in [0.29, 0.717) is 11.4 Å². The molecule has 1 saturated heterocycles. The van der Waals surface area contributed by atoms with Crippen molar-refractivity contribution < 1.29 is 27.5 Å². The van der Waals surface area contributed by atoms with Crippen molar-refractivity contribution in [2.45, 2.75) is 83.2 Å². The fourth-order valence-electron chi connectivity index (χ4n) is 5.77. The lowest BCUT2D eigenvalue weighted by atomic mass is 9.81. The van der Waals surface area contributed by atoms with Crippen LogP contribution >= 0.6 is 0 Å². The van der Waals surface area contributed by atoms with Crippen LogP contribution in [-0.2, 0) is 25.0 Å². The number of urea groups is 1. The molecule has 12 heteroatoms. The largest absolute Gasteiger partial charge is 0.493 e. The van der Waals surface area contributed by atoms with Crippen molar-refractivity contribution in [2.75, 3.05) is 18.5 Å². The number of rotatable bonds is 11. The van der Waals surface area contributed by atoms with Crippen LogP contribution in [0.4, 0.5) is 16.2 Å². The number of sulfonamides is 1. The molecular formula is C36H43N5O6S. The summed E-state index contributed by atoms with van der Waals surface area (Å²) < 4.78 is 35.8. The molecule has 4 amide bonds. The standard InChI is InChI=1S/C36H43N5O6S/c1-8-35(4,5)25-22-23(2)18-19-28(25)47-21-13-20-40-31(37-27-16-11-12-17-29(27)48(40,45)46)30(41-33(43)36(6,7)39-34(41)44)32(42)38-26-15-10-9-14-24(26)3/h9-12,14-19,22,30H,8,13,20-21H2,1-7H3,(H,38,42)(H,39,44). The lowest BCUT2D eigenvalue weighted by molar-refractivity contribution is -0.134. The molecule has 2 aliphatic rings. The predicted molar refractivity (Wildman–Crippen MR) is 185 cm³/mol. The van der Waals surface area contributed by atoms with Crippen LogP contribution in [0.15, 0.2) is 76.6 Å². The monoisotopic (exact) mass is 673 g/mol. The summed E-state index contributed by atoms with van der Waals surface area (Å²) in [6.45, 7) is 13.3. The summed E-state index contributed by atoms with van der Waals surface area (Å²) in [4.78, 5) is 46.6. The van der Waals surface area contributed by atoms with E-state index in [1.54, 1.807) is 37.3 Å². The first-order valence-electron chi connectivity index (χ1n) is 16.0. The number of fused-ring (bicyclic) bond motifs is 1. The highest BCUT2D eigenvalue weighted by Gasteiger charge is 2.53. The second-order valence-electron chi connectivity index (χ2n) is 13.4. The molecule has 0 spiro atoms. The van der Waals surface area contributed by atoms with E-state index in [9.17, 15) is 22.8 Å². The lowest BCUT2D eigenvalue weighted by Crippen LogP contribution is -2.59. The van der Waals surface area contributed by atoms with Crippen molar-refractivity contribution in [3.05, 3.63) is 83.4 Å². The van der Waals surface area contributed by atoms with E-state index in [1.165, 1.54) is 26.0 Å². The third-order valence-electron chi connectivity index (χ3n) is 8.98. The molecule has 2 aliphatic heterocycles. The van der Waals surface area contributed by atoms with Gasteiger partial charge in [0.25, 0.3) is 21.8 Å². The van der Waals surface area contributed by atoms with Gasteiger partial charge in [0.2, 0.25) is 0 Å². The Labute approximate surface area is 282 Å². The first kappa shape index (κ1) is 34.6. The van der Waals surface area contributed by atoms with Crippen molar-refractivity contribution in [2.24, 2.45) is 4.99 Å². The van der Waals surface area contributed by atoms with E-state index in [2.05, 4.69) is 42.5 Å². The number of ether oxygens (including phenoxy) is 1. The van der Waals surface area contributed by atoms with Crippen LogP contribution in [0.1, 0.15) is 64.2 Å². The quantitative estimate of drug-likeness (QED) is 0.194. The summed E-state index contributed by atoms with van der Waals surface area (Å²) in [6, 6.07) is 16.7. The first-order chi connectivity index (χ1) is 22.6. The van der Waals surface area contributed by atoms with Gasteiger partial charge in [-0.2, -0.15) is 0 Å². The number of nitrogens with zero attached hydrogens (tertiary/aromatic N) is 3. The van der Waals surface area contributed by atoms with Gasteiger partial charge >= 0.3 is 6.03 Å². The molecule has 3 aromatic rings. The van der Waals surface area contributed by atoms with E-state index in [1.807, 2.05) is 25.1 Å². The van der Waals surface area contributed by atoms with E-state index in [-0.39, 0.29) is 41.4 Å². The Kier molecular flexibility index (Phi) is 9.42. The molecule has 254 valence electrons. The fourth-order valence-corrected chi connectivity index (χ4v) is 7.40. The number of hydrogen-bond donors (Lipinski definition) is 2. The van der Waals surface area contributed by atoms with Crippen LogP contribution in [0.3, 0.4) is 0 Å². The van der Waals surface area contributed by atoms with Crippen molar-refractivity contribution in [1.82, 2.24) is 14.5 Å². The predicted octanol–water partition coefficient (Wildman–Crippen LogP) is 5.83. The number of aryl methyl sites for hydroxylation is 2. The van der Waals surface area contributed by atoms with Crippen molar-refractivity contribution in [1.29, 1.82) is 0 Å². The molecule has 0 aromatic heterocycles. The number of imide groups is 1. The summed E-state index contributed by atoms with van der Waals surface area (Å²) >= 11 is 0. The maximum absolute atomic E-state index is 14.3. The number of benzene rings is 3. The zero-order valence-corrected chi connectivity index (χ0v) is 29.3. The Morgan fingerprint density at radius 1 is 1.04 bits per heavy atom. The second kappa shape index (κ2) is 13.1. The molecule has 2 heterocycles. The van der Waals surface area contributed by atoms with Crippen LogP contribution in [0.2, 0.25) is 0 Å². The van der Waals surface area contributed by atoms with Crippen LogP contribution in [0.5, 0.6) is 5.75 Å². The van der Waals surface area contributed by atoms with E-state index >= 15 is 0 Å². The maximum Gasteiger partial charge on any atom is 0.326 e. The molecule has 48 heavy (non-hydrogen) atoms. The van der Waals surface area contributed by atoms with Crippen molar-refractivity contribution in [3.63, 3.8) is 0 Å². The van der Waals surface area contributed by atoms with Gasteiger partial charge in [0.05, 0.1) is 12.3 Å². The topological polar surface area (TPSA) is 137 Å². The Balaban J connectivity index is 1.53. The second-order valence-corrected chi connectivity index (χ2v) is 15.2. The minimum Gasteiger partial charge on any atom is -0.493 e. The summed E-state index contributed by atoms with van der Waals surface area (Å²) in [5, 5.41) is 5.41. The van der Waals surface area contributed by atoms with E-state index < -0.39 is 39.4 Å². The van der Waals surface area contributed by atoms with Gasteiger partial charge in [-0.1, -0.05) is 68.8 Å². The van der Waals surface area contributed by atoms with Gasteiger partial charge < -0.3 is 15.4 Å². The van der Waals surface area contributed by atoms with Crippen LogP contribution in [-0.4, -0.2) is 66.0 Å². The van der Waals surface area contributed by atoms with Gasteiger partial charge in [-0.3, -0.25) is 13.9 Å². The first-order valence-corrected chi connectivity index (χ1v) is 17.5. The molecule has 0 radical (unpaired) electrons. The number of amides is 4. The third-order valence-corrected chi connectivity index (χ3v) is 10.8. The van der Waals surface area contributed by atoms with E-state index in [4.69, 9.17) is 4.74 Å². The average Bonchev–Trinajstić information content (AvgIpc) is 3.23. The highest BCUT2D eigenvalue weighted by Crippen LogP contribution is 2.37. The molecule has 0 aliphatic carbocycles. The highest BCUT2D eigenvalue weighted by molar-refractivity contribution is 7.90. The maximum atomic E-state index is 14.3. The van der Waals surface area contributed by atoms with Gasteiger partial charge in [-0.25, -0.2) is 23.1 Å². The van der Waals surface area contributed by atoms with Gasteiger partial charge in [-0.05, 0) is 74.9 Å². The zero-order chi connectivity index (χ0) is 35.0. The molecule has 11 nitrogen and oxygen atoms in total. The Hall–Kier alpha value is -4.71. The molecule has 3 aromatic carbocycles. The molecule has 1 unspecified atom stereocenters. The summed E-state index contributed by atoms with van der Waals surface area (Å²) in [5.41, 5.74) is 1.98. The van der Waals surface area contributed by atoms with Gasteiger partial charge in [-0.15, -0.1) is 0 Å². The normalized spacial score (nSPS) is 17.4. The number of hydrogen-bond acceptors (Lipinski definition) is 7.